The van der Waals surface area contributed by atoms with Crippen LogP contribution in [0.4, 0.5) is 5.82 Å². The Morgan fingerprint density at radius 1 is 1.25 bits per heavy atom. The predicted octanol–water partition coefficient (Wildman–Crippen LogP) is 3.72. The fourth-order valence-electron chi connectivity index (χ4n) is 2.04. The first-order valence-corrected chi connectivity index (χ1v) is 6.54. The van der Waals surface area contributed by atoms with Crippen molar-refractivity contribution in [1.29, 1.82) is 0 Å². The summed E-state index contributed by atoms with van der Waals surface area (Å²) >= 11 is 6.50. The van der Waals surface area contributed by atoms with E-state index in [-0.39, 0.29) is 11.7 Å². The van der Waals surface area contributed by atoms with Crippen molar-refractivity contribution in [1.82, 2.24) is 5.16 Å². The summed E-state index contributed by atoms with van der Waals surface area (Å²) in [5, 5.41) is 4.24. The minimum atomic E-state index is 0.223. The summed E-state index contributed by atoms with van der Waals surface area (Å²) in [7, 11) is 3.13. The number of anilines is 1. The molecule has 108 valence electrons. The highest BCUT2D eigenvalue weighted by molar-refractivity contribution is 6.34. The lowest BCUT2D eigenvalue weighted by molar-refractivity contribution is 0.353. The standard InChI is InChI=1S/C14H17ClN2O3/c1-7(2)8-5-10(18-3)14(19-4)12(13(8)15)9-6-11(16)17-20-9/h5-7H,1-4H3,(H2,16,17). The second-order valence-corrected chi connectivity index (χ2v) is 5.04. The Morgan fingerprint density at radius 2 is 1.95 bits per heavy atom. The van der Waals surface area contributed by atoms with E-state index in [4.69, 9.17) is 31.3 Å². The van der Waals surface area contributed by atoms with Crippen LogP contribution >= 0.6 is 11.6 Å². The first kappa shape index (κ1) is 14.5. The molecule has 5 nitrogen and oxygen atoms in total. The van der Waals surface area contributed by atoms with Crippen LogP contribution < -0.4 is 15.2 Å². The Hall–Kier alpha value is -1.88. The number of methoxy groups -OCH3 is 2. The average molecular weight is 297 g/mol. The molecule has 2 rings (SSSR count). The zero-order valence-corrected chi connectivity index (χ0v) is 12.6. The lowest BCUT2D eigenvalue weighted by atomic mass is 9.98. The third kappa shape index (κ3) is 2.41. The van der Waals surface area contributed by atoms with Gasteiger partial charge >= 0.3 is 0 Å². The van der Waals surface area contributed by atoms with Gasteiger partial charge in [-0.3, -0.25) is 0 Å². The van der Waals surface area contributed by atoms with Crippen molar-refractivity contribution in [3.05, 3.63) is 22.7 Å². The van der Waals surface area contributed by atoms with Crippen LogP contribution in [0.2, 0.25) is 5.02 Å². The van der Waals surface area contributed by atoms with Crippen LogP contribution in [-0.4, -0.2) is 19.4 Å². The first-order chi connectivity index (χ1) is 9.49. The van der Waals surface area contributed by atoms with E-state index in [1.54, 1.807) is 20.3 Å². The van der Waals surface area contributed by atoms with Crippen molar-refractivity contribution in [2.75, 3.05) is 20.0 Å². The normalized spacial score (nSPS) is 10.9. The number of aromatic nitrogens is 1. The molecule has 2 aromatic rings. The van der Waals surface area contributed by atoms with E-state index in [0.29, 0.717) is 27.8 Å². The zero-order chi connectivity index (χ0) is 14.9. The Bertz CT molecular complexity index is 623. The fraction of sp³-hybridized carbons (Fsp3) is 0.357. The van der Waals surface area contributed by atoms with Gasteiger partial charge in [0.25, 0.3) is 0 Å². The van der Waals surface area contributed by atoms with Crippen LogP contribution in [0.3, 0.4) is 0 Å². The lowest BCUT2D eigenvalue weighted by Gasteiger charge is -2.17. The number of ether oxygens (including phenoxy) is 2. The predicted molar refractivity (Wildman–Crippen MR) is 78.6 cm³/mol. The summed E-state index contributed by atoms with van der Waals surface area (Å²) in [5.74, 6) is 2.04. The number of benzene rings is 1. The Kier molecular flexibility index (Phi) is 4.09. The maximum absolute atomic E-state index is 6.50. The molecule has 1 aromatic carbocycles. The second-order valence-electron chi connectivity index (χ2n) is 4.66. The molecule has 2 N–H and O–H groups in total. The highest BCUT2D eigenvalue weighted by Gasteiger charge is 2.23. The van der Waals surface area contributed by atoms with Crippen LogP contribution in [0, 0.1) is 0 Å². The molecule has 1 aromatic heterocycles. The molecule has 0 atom stereocenters. The van der Waals surface area contributed by atoms with Crippen LogP contribution in [-0.2, 0) is 0 Å². The molecular formula is C14H17ClN2O3. The fourth-order valence-corrected chi connectivity index (χ4v) is 2.49. The van der Waals surface area contributed by atoms with E-state index in [2.05, 4.69) is 5.16 Å². The summed E-state index contributed by atoms with van der Waals surface area (Å²) in [4.78, 5) is 0. The Labute approximate surface area is 122 Å². The van der Waals surface area contributed by atoms with Gasteiger partial charge in [-0.1, -0.05) is 30.6 Å². The minimum absolute atomic E-state index is 0.223. The summed E-state index contributed by atoms with van der Waals surface area (Å²) in [6.45, 7) is 4.09. The summed E-state index contributed by atoms with van der Waals surface area (Å²) in [5.41, 5.74) is 7.14. The smallest absolute Gasteiger partial charge is 0.174 e. The average Bonchev–Trinajstić information content (AvgIpc) is 2.83. The molecule has 6 heteroatoms. The van der Waals surface area contributed by atoms with E-state index in [1.807, 2.05) is 19.9 Å². The van der Waals surface area contributed by atoms with Crippen molar-refractivity contribution in [3.63, 3.8) is 0 Å². The molecule has 0 saturated heterocycles. The summed E-state index contributed by atoms with van der Waals surface area (Å²) in [6.07, 6.45) is 0. The van der Waals surface area contributed by atoms with Crippen molar-refractivity contribution in [2.45, 2.75) is 19.8 Å². The number of hydrogen-bond acceptors (Lipinski definition) is 5. The van der Waals surface area contributed by atoms with Gasteiger partial charge in [-0.2, -0.15) is 0 Å². The number of rotatable bonds is 4. The quantitative estimate of drug-likeness (QED) is 0.931. The van der Waals surface area contributed by atoms with Crippen molar-refractivity contribution >= 4 is 17.4 Å². The topological polar surface area (TPSA) is 70.5 Å². The Balaban J connectivity index is 2.78. The van der Waals surface area contributed by atoms with E-state index in [0.717, 1.165) is 5.56 Å². The van der Waals surface area contributed by atoms with E-state index in [1.165, 1.54) is 0 Å². The highest BCUT2D eigenvalue weighted by Crippen LogP contribution is 2.47. The number of halogens is 1. The summed E-state index contributed by atoms with van der Waals surface area (Å²) in [6, 6.07) is 3.47. The molecule has 0 aliphatic rings. The molecule has 0 amide bonds. The molecular weight excluding hydrogens is 280 g/mol. The van der Waals surface area contributed by atoms with Gasteiger partial charge < -0.3 is 19.7 Å². The van der Waals surface area contributed by atoms with E-state index in [9.17, 15) is 0 Å². The second kappa shape index (κ2) is 5.63. The van der Waals surface area contributed by atoms with Gasteiger partial charge in [-0.15, -0.1) is 0 Å². The van der Waals surface area contributed by atoms with Gasteiger partial charge in [0.05, 0.1) is 24.8 Å². The monoisotopic (exact) mass is 296 g/mol. The lowest BCUT2D eigenvalue weighted by Crippen LogP contribution is -1.99. The molecule has 0 saturated carbocycles. The third-order valence-corrected chi connectivity index (χ3v) is 3.44. The number of nitrogen functional groups attached to an aromatic ring is 1. The van der Waals surface area contributed by atoms with Crippen LogP contribution in [0.25, 0.3) is 11.3 Å². The molecule has 0 spiro atoms. The number of nitrogens with two attached hydrogens (primary N) is 1. The SMILES string of the molecule is COc1cc(C(C)C)c(Cl)c(-c2cc(N)no2)c1OC. The van der Waals surface area contributed by atoms with Gasteiger partial charge in [0.2, 0.25) is 0 Å². The highest BCUT2D eigenvalue weighted by atomic mass is 35.5. The van der Waals surface area contributed by atoms with E-state index < -0.39 is 0 Å². The van der Waals surface area contributed by atoms with Gasteiger partial charge in [0, 0.05) is 6.07 Å². The largest absolute Gasteiger partial charge is 0.493 e. The van der Waals surface area contributed by atoms with Crippen molar-refractivity contribution < 1.29 is 14.0 Å². The van der Waals surface area contributed by atoms with Gasteiger partial charge in [0.15, 0.2) is 23.1 Å². The molecule has 0 bridgehead atoms. The summed E-state index contributed by atoms with van der Waals surface area (Å²) < 4.78 is 16.0. The van der Waals surface area contributed by atoms with Gasteiger partial charge in [0.1, 0.15) is 0 Å². The Morgan fingerprint density at radius 3 is 2.40 bits per heavy atom. The molecule has 1 heterocycles. The molecule has 0 aliphatic heterocycles. The third-order valence-electron chi connectivity index (χ3n) is 3.03. The van der Waals surface area contributed by atoms with Gasteiger partial charge in [-0.05, 0) is 17.5 Å². The molecule has 0 radical (unpaired) electrons. The molecule has 0 fully saturated rings. The first-order valence-electron chi connectivity index (χ1n) is 6.16. The number of hydrogen-bond donors (Lipinski definition) is 1. The van der Waals surface area contributed by atoms with Crippen molar-refractivity contribution in [3.8, 4) is 22.8 Å². The molecule has 0 unspecified atom stereocenters. The van der Waals surface area contributed by atoms with Crippen LogP contribution in [0.15, 0.2) is 16.7 Å². The maximum atomic E-state index is 6.50. The van der Waals surface area contributed by atoms with Crippen LogP contribution in [0.5, 0.6) is 11.5 Å². The molecule has 20 heavy (non-hydrogen) atoms. The van der Waals surface area contributed by atoms with Gasteiger partial charge in [-0.25, -0.2) is 0 Å². The number of nitrogens with zero attached hydrogens (tertiary/aromatic N) is 1. The van der Waals surface area contributed by atoms with E-state index >= 15 is 0 Å². The van der Waals surface area contributed by atoms with Crippen molar-refractivity contribution in [2.24, 2.45) is 0 Å². The minimum Gasteiger partial charge on any atom is -0.493 e. The van der Waals surface area contributed by atoms with Crippen LogP contribution in [0.1, 0.15) is 25.3 Å². The zero-order valence-electron chi connectivity index (χ0n) is 11.9. The molecule has 0 aliphatic carbocycles. The maximum Gasteiger partial charge on any atom is 0.174 e.